The van der Waals surface area contributed by atoms with E-state index in [9.17, 15) is 9.59 Å². The van der Waals surface area contributed by atoms with Crippen LogP contribution in [0, 0.1) is 17.3 Å². The Hall–Kier alpha value is -2.29. The van der Waals surface area contributed by atoms with Crippen molar-refractivity contribution in [2.75, 3.05) is 26.8 Å². The lowest BCUT2D eigenvalue weighted by atomic mass is 9.43. The Balaban J connectivity index is 1.30. The first-order valence-corrected chi connectivity index (χ1v) is 15.5. The average molecular weight is 640 g/mol. The Morgan fingerprint density at radius 1 is 1.07 bits per heavy atom. The van der Waals surface area contributed by atoms with Crippen molar-refractivity contribution in [1.29, 1.82) is 0 Å². The zero-order valence-corrected chi connectivity index (χ0v) is 25.3. The van der Waals surface area contributed by atoms with Gasteiger partial charge in [0.2, 0.25) is 3.79 Å². The molecule has 0 radical (unpaired) electrons. The number of likely N-dealkylation sites (tertiary alicyclic amines) is 2. The van der Waals surface area contributed by atoms with Gasteiger partial charge in [0.1, 0.15) is 12.4 Å². The van der Waals surface area contributed by atoms with Crippen LogP contribution in [0.3, 0.4) is 0 Å². The van der Waals surface area contributed by atoms with Crippen molar-refractivity contribution in [2.45, 2.75) is 59.3 Å². The fourth-order valence-electron chi connectivity index (χ4n) is 9.75. The van der Waals surface area contributed by atoms with Crippen LogP contribution in [0.4, 0.5) is 13.6 Å². The highest BCUT2D eigenvalue weighted by Gasteiger charge is 2.77. The number of alkyl halides is 5. The van der Waals surface area contributed by atoms with Gasteiger partial charge in [0.05, 0.1) is 7.11 Å². The predicted molar refractivity (Wildman–Crippen MR) is 154 cm³/mol. The molecule has 6 nitrogen and oxygen atoms in total. The first kappa shape index (κ1) is 28.5. The largest absolute Gasteiger partial charge is 0.497 e. The molecule has 2 aromatic carbocycles. The van der Waals surface area contributed by atoms with E-state index in [2.05, 4.69) is 6.07 Å². The maximum atomic E-state index is 15.8. The number of halogens is 5. The second-order valence-corrected chi connectivity index (χ2v) is 15.0. The number of rotatable bonds is 4. The van der Waals surface area contributed by atoms with Gasteiger partial charge in [0, 0.05) is 41.6 Å². The summed E-state index contributed by atoms with van der Waals surface area (Å²) >= 11 is 17.5. The molecule has 5 unspecified atom stereocenters. The summed E-state index contributed by atoms with van der Waals surface area (Å²) in [7, 11) is 1.63. The summed E-state index contributed by atoms with van der Waals surface area (Å²) in [5, 5.41) is 0. The van der Waals surface area contributed by atoms with Crippen molar-refractivity contribution < 1.29 is 27.8 Å². The van der Waals surface area contributed by atoms with Crippen LogP contribution in [0.15, 0.2) is 48.5 Å². The van der Waals surface area contributed by atoms with Gasteiger partial charge in [-0.2, -0.15) is 8.78 Å². The van der Waals surface area contributed by atoms with Crippen LogP contribution in [0.5, 0.6) is 5.75 Å². The molecule has 42 heavy (non-hydrogen) atoms. The predicted octanol–water partition coefficient (Wildman–Crippen LogP) is 6.49. The maximum Gasteiger partial charge on any atom is 0.410 e. The van der Waals surface area contributed by atoms with Crippen molar-refractivity contribution in [3.63, 3.8) is 0 Å². The van der Waals surface area contributed by atoms with Gasteiger partial charge in [-0.25, -0.2) is 4.79 Å². The van der Waals surface area contributed by atoms with Crippen LogP contribution in [0.2, 0.25) is 0 Å². The highest BCUT2D eigenvalue weighted by atomic mass is 35.6. The van der Waals surface area contributed by atoms with E-state index in [4.69, 9.17) is 44.3 Å². The first-order valence-electron chi connectivity index (χ1n) is 14.3. The van der Waals surface area contributed by atoms with Crippen molar-refractivity contribution in [3.05, 3.63) is 65.2 Å². The second-order valence-electron chi connectivity index (χ2n) is 12.5. The van der Waals surface area contributed by atoms with Crippen molar-refractivity contribution in [3.8, 4) is 5.75 Å². The molecule has 2 amide bonds. The van der Waals surface area contributed by atoms with E-state index in [1.807, 2.05) is 12.1 Å². The summed E-state index contributed by atoms with van der Waals surface area (Å²) in [6.45, 7) is 0.356. The van der Waals surface area contributed by atoms with Crippen LogP contribution in [0.1, 0.15) is 42.4 Å². The minimum Gasteiger partial charge on any atom is -0.497 e. The first-order chi connectivity index (χ1) is 19.9. The second kappa shape index (κ2) is 9.60. The molecule has 224 valence electrons. The van der Waals surface area contributed by atoms with Gasteiger partial charge in [-0.15, -0.1) is 0 Å². The summed E-state index contributed by atoms with van der Waals surface area (Å²) in [5.41, 5.74) is 1.16. The Morgan fingerprint density at radius 3 is 2.55 bits per heavy atom. The molecule has 2 heterocycles. The molecule has 0 aromatic heterocycles. The van der Waals surface area contributed by atoms with Gasteiger partial charge in [-0.3, -0.25) is 4.79 Å². The van der Waals surface area contributed by atoms with Gasteiger partial charge < -0.3 is 19.3 Å². The Labute approximate surface area is 258 Å². The monoisotopic (exact) mass is 638 g/mol. The zero-order valence-electron chi connectivity index (χ0n) is 23.0. The SMILES string of the molecule is COc1ccc2c(c1)C13CCN(C(=O)C(F)(F)c4ccccc4)C(C2)C12CCC1C3[C@@H](CN1C(=O)OCC(Cl)(Cl)Cl)C2. The summed E-state index contributed by atoms with van der Waals surface area (Å²) in [6.07, 6.45) is 2.69. The standard InChI is InChI=1S/C31H31Cl3F2N2O4/c1-41-21-8-7-18-13-24-28-10-9-23-25(19(15-28)16-38(23)27(40)42-17-30(32,33)34)29(28,22(18)14-21)11-12-37(24)26(39)31(35,36)20-5-3-2-4-6-20/h2-8,14,19,23-25H,9-13,15-17H2,1H3/t19-,23?,24?,25?,28?,29?/m1/s1. The van der Waals surface area contributed by atoms with Crippen molar-refractivity contribution in [1.82, 2.24) is 9.80 Å². The molecule has 2 saturated carbocycles. The summed E-state index contributed by atoms with van der Waals surface area (Å²) in [5.74, 6) is -3.81. The lowest BCUT2D eigenvalue weighted by Gasteiger charge is -2.66. The fraction of sp³-hybridized carbons (Fsp3) is 0.548. The minimum atomic E-state index is -3.63. The third-order valence-corrected chi connectivity index (χ3v) is 11.3. The zero-order chi connectivity index (χ0) is 29.7. The number of ether oxygens (including phenoxy) is 2. The Morgan fingerprint density at radius 2 is 1.83 bits per heavy atom. The van der Waals surface area contributed by atoms with E-state index in [-0.39, 0.29) is 48.0 Å². The lowest BCUT2D eigenvalue weighted by Crippen LogP contribution is -2.71. The smallest absolute Gasteiger partial charge is 0.410 e. The number of benzene rings is 2. The number of hydrogen-bond acceptors (Lipinski definition) is 4. The van der Waals surface area contributed by atoms with Gasteiger partial charge in [0.15, 0.2) is 0 Å². The molecule has 2 saturated heterocycles. The van der Waals surface area contributed by atoms with Gasteiger partial charge in [-0.1, -0.05) is 71.2 Å². The van der Waals surface area contributed by atoms with Crippen LogP contribution in [-0.2, 0) is 27.3 Å². The molecule has 4 fully saturated rings. The quantitative estimate of drug-likeness (QED) is 0.359. The maximum absolute atomic E-state index is 15.8. The van der Waals surface area contributed by atoms with Gasteiger partial charge in [0.25, 0.3) is 5.91 Å². The Kier molecular flexibility index (Phi) is 6.51. The number of fused-ring (bicyclic) bond motifs is 1. The molecule has 3 aliphatic carbocycles. The number of carbonyl (C=O) groups is 2. The molecular formula is C31H31Cl3F2N2O4. The molecule has 5 aliphatic rings. The topological polar surface area (TPSA) is 59.1 Å². The van der Waals surface area contributed by atoms with Crippen LogP contribution in [0.25, 0.3) is 0 Å². The van der Waals surface area contributed by atoms with E-state index < -0.39 is 27.1 Å². The highest BCUT2D eigenvalue weighted by Crippen LogP contribution is 2.75. The van der Waals surface area contributed by atoms with E-state index in [0.717, 1.165) is 17.7 Å². The van der Waals surface area contributed by atoms with Crippen LogP contribution >= 0.6 is 34.8 Å². The molecule has 6 atom stereocenters. The van der Waals surface area contributed by atoms with Crippen LogP contribution < -0.4 is 4.74 Å². The van der Waals surface area contributed by atoms with Gasteiger partial charge in [-0.05, 0) is 67.2 Å². The van der Waals surface area contributed by atoms with E-state index >= 15 is 8.78 Å². The number of nitrogens with zero attached hydrogens (tertiary/aromatic N) is 2. The summed E-state index contributed by atoms with van der Waals surface area (Å²) in [6, 6.07) is 12.9. The molecule has 0 N–H and O–H groups in total. The number of hydrogen-bond donors (Lipinski definition) is 0. The molecular weight excluding hydrogens is 609 g/mol. The van der Waals surface area contributed by atoms with Crippen LogP contribution in [-0.4, -0.2) is 64.5 Å². The molecule has 11 heteroatoms. The average Bonchev–Trinajstić information content (AvgIpc) is 3.42. The van der Waals surface area contributed by atoms with Crippen molar-refractivity contribution in [2.24, 2.45) is 17.3 Å². The van der Waals surface area contributed by atoms with E-state index in [0.29, 0.717) is 32.2 Å². The number of amides is 2. The summed E-state index contributed by atoms with van der Waals surface area (Å²) < 4.78 is 40.9. The van der Waals surface area contributed by atoms with Crippen molar-refractivity contribution >= 4 is 46.8 Å². The highest BCUT2D eigenvalue weighted by molar-refractivity contribution is 6.67. The van der Waals surface area contributed by atoms with Gasteiger partial charge >= 0.3 is 12.0 Å². The Bertz CT molecular complexity index is 1440. The third kappa shape index (κ3) is 3.86. The fourth-order valence-corrected chi connectivity index (χ4v) is 9.91. The minimum absolute atomic E-state index is 0.0899. The molecule has 0 spiro atoms. The molecule has 2 aliphatic heterocycles. The third-order valence-electron chi connectivity index (χ3n) is 11.0. The molecule has 7 rings (SSSR count). The summed E-state index contributed by atoms with van der Waals surface area (Å²) in [4.78, 5) is 30.3. The number of methoxy groups -OCH3 is 1. The normalized spacial score (nSPS) is 32.7. The lowest BCUT2D eigenvalue weighted by molar-refractivity contribution is -0.177. The number of carbonyl (C=O) groups excluding carboxylic acids is 2. The van der Waals surface area contributed by atoms with E-state index in [1.165, 1.54) is 34.7 Å². The molecule has 4 bridgehead atoms. The number of piperidine rings is 1. The van der Waals surface area contributed by atoms with E-state index in [1.54, 1.807) is 18.1 Å². The molecule has 2 aromatic rings.